The Kier molecular flexibility index (Phi) is 3.52. The molecule has 0 bridgehead atoms. The molecule has 0 aliphatic heterocycles. The molecule has 0 aromatic carbocycles. The summed E-state index contributed by atoms with van der Waals surface area (Å²) in [4.78, 5) is 19.7. The van der Waals surface area contributed by atoms with Crippen molar-refractivity contribution in [1.82, 2.24) is 15.1 Å². The number of aliphatic carboxylic acids is 1. The Hall–Kier alpha value is -1.76. The average Bonchev–Trinajstić information content (AvgIpc) is 3.10. The van der Waals surface area contributed by atoms with Gasteiger partial charge in [0.2, 0.25) is 5.89 Å². The zero-order valence-electron chi connectivity index (χ0n) is 11.1. The van der Waals surface area contributed by atoms with Gasteiger partial charge in [0.1, 0.15) is 5.01 Å². The smallest absolute Gasteiger partial charge is 0.306 e. The Morgan fingerprint density at radius 2 is 2.35 bits per heavy atom. The summed E-state index contributed by atoms with van der Waals surface area (Å²) in [6.45, 7) is 1.95. The summed E-state index contributed by atoms with van der Waals surface area (Å²) in [5, 5.41) is 15.9. The lowest BCUT2D eigenvalue weighted by Gasteiger charge is -2.02. The van der Waals surface area contributed by atoms with Gasteiger partial charge in [0.05, 0.1) is 12.3 Å². The van der Waals surface area contributed by atoms with E-state index < -0.39 is 5.97 Å². The number of rotatable bonds is 4. The molecule has 106 valence electrons. The standard InChI is InChI=1S/C13H15N3O3S/c1-7-6-20-11(14-7)5-10-15-12(19-16-10)8-2-3-9(4-8)13(17)18/h6,8-9H,2-5H2,1H3,(H,17,18). The van der Waals surface area contributed by atoms with Crippen LogP contribution in [0.5, 0.6) is 0 Å². The second kappa shape index (κ2) is 5.32. The van der Waals surface area contributed by atoms with Gasteiger partial charge in [0.25, 0.3) is 0 Å². The molecule has 3 rings (SSSR count). The number of nitrogens with zero attached hydrogens (tertiary/aromatic N) is 3. The van der Waals surface area contributed by atoms with Gasteiger partial charge in [-0.25, -0.2) is 4.98 Å². The van der Waals surface area contributed by atoms with E-state index in [4.69, 9.17) is 9.63 Å². The fourth-order valence-electron chi connectivity index (χ4n) is 2.55. The van der Waals surface area contributed by atoms with Gasteiger partial charge in [0, 0.05) is 17.0 Å². The molecule has 1 saturated carbocycles. The third-order valence-electron chi connectivity index (χ3n) is 3.59. The third kappa shape index (κ3) is 2.72. The van der Waals surface area contributed by atoms with Crippen molar-refractivity contribution in [3.8, 4) is 0 Å². The number of aryl methyl sites for hydroxylation is 1. The van der Waals surface area contributed by atoms with E-state index in [1.54, 1.807) is 11.3 Å². The molecule has 20 heavy (non-hydrogen) atoms. The zero-order valence-corrected chi connectivity index (χ0v) is 11.9. The molecule has 2 heterocycles. The van der Waals surface area contributed by atoms with Crippen molar-refractivity contribution < 1.29 is 14.4 Å². The largest absolute Gasteiger partial charge is 0.481 e. The Balaban J connectivity index is 1.67. The minimum Gasteiger partial charge on any atom is -0.481 e. The van der Waals surface area contributed by atoms with E-state index >= 15 is 0 Å². The van der Waals surface area contributed by atoms with Gasteiger partial charge in [-0.05, 0) is 26.2 Å². The van der Waals surface area contributed by atoms with Gasteiger partial charge in [0.15, 0.2) is 5.82 Å². The van der Waals surface area contributed by atoms with Crippen LogP contribution in [-0.2, 0) is 11.2 Å². The number of hydrogen-bond acceptors (Lipinski definition) is 6. The summed E-state index contributed by atoms with van der Waals surface area (Å²) in [7, 11) is 0. The summed E-state index contributed by atoms with van der Waals surface area (Å²) < 4.78 is 5.28. The van der Waals surface area contributed by atoms with Gasteiger partial charge >= 0.3 is 5.97 Å². The van der Waals surface area contributed by atoms with Crippen LogP contribution < -0.4 is 0 Å². The van der Waals surface area contributed by atoms with E-state index in [0.717, 1.165) is 17.1 Å². The maximum atomic E-state index is 11.0. The number of carbonyl (C=O) groups is 1. The highest BCUT2D eigenvalue weighted by molar-refractivity contribution is 7.09. The highest BCUT2D eigenvalue weighted by Gasteiger charge is 2.33. The lowest BCUT2D eigenvalue weighted by Crippen LogP contribution is -2.09. The third-order valence-corrected chi connectivity index (χ3v) is 4.56. The highest BCUT2D eigenvalue weighted by Crippen LogP contribution is 2.37. The number of aromatic nitrogens is 3. The van der Waals surface area contributed by atoms with E-state index in [9.17, 15) is 4.79 Å². The predicted molar refractivity (Wildman–Crippen MR) is 71.7 cm³/mol. The first-order valence-corrected chi connectivity index (χ1v) is 7.46. The van der Waals surface area contributed by atoms with E-state index in [-0.39, 0.29) is 11.8 Å². The molecule has 1 N–H and O–H groups in total. The Labute approximate surface area is 119 Å². The van der Waals surface area contributed by atoms with Crippen LogP contribution in [0.2, 0.25) is 0 Å². The van der Waals surface area contributed by atoms with Gasteiger partial charge in [-0.2, -0.15) is 4.98 Å². The molecule has 2 unspecified atom stereocenters. The van der Waals surface area contributed by atoms with Crippen LogP contribution in [0.25, 0.3) is 0 Å². The van der Waals surface area contributed by atoms with Crippen molar-refractivity contribution in [1.29, 1.82) is 0 Å². The van der Waals surface area contributed by atoms with E-state index in [2.05, 4.69) is 15.1 Å². The van der Waals surface area contributed by atoms with Gasteiger partial charge in [-0.1, -0.05) is 5.16 Å². The maximum Gasteiger partial charge on any atom is 0.306 e. The number of thiazole rings is 1. The van der Waals surface area contributed by atoms with Crippen LogP contribution in [0.3, 0.4) is 0 Å². The summed E-state index contributed by atoms with van der Waals surface area (Å²) in [5.41, 5.74) is 0.994. The molecule has 2 aromatic heterocycles. The average molecular weight is 293 g/mol. The van der Waals surface area contributed by atoms with Crippen molar-refractivity contribution >= 4 is 17.3 Å². The first-order chi connectivity index (χ1) is 9.61. The molecule has 0 radical (unpaired) electrons. The quantitative estimate of drug-likeness (QED) is 0.931. The van der Waals surface area contributed by atoms with Gasteiger partial charge in [-0.15, -0.1) is 11.3 Å². The van der Waals surface area contributed by atoms with Gasteiger partial charge < -0.3 is 9.63 Å². The van der Waals surface area contributed by atoms with Crippen LogP contribution in [-0.4, -0.2) is 26.2 Å². The van der Waals surface area contributed by atoms with Crippen LogP contribution in [0.15, 0.2) is 9.90 Å². The van der Waals surface area contributed by atoms with Crippen molar-refractivity contribution in [3.05, 3.63) is 27.8 Å². The molecule has 1 fully saturated rings. The summed E-state index contributed by atoms with van der Waals surface area (Å²) in [6.07, 6.45) is 2.64. The van der Waals surface area contributed by atoms with E-state index in [1.165, 1.54) is 0 Å². The van der Waals surface area contributed by atoms with Crippen LogP contribution in [0.4, 0.5) is 0 Å². The SMILES string of the molecule is Cc1csc(Cc2noc(C3CCC(C(=O)O)C3)n2)n1. The lowest BCUT2D eigenvalue weighted by atomic mass is 10.1. The van der Waals surface area contributed by atoms with E-state index in [1.807, 2.05) is 12.3 Å². The maximum absolute atomic E-state index is 11.0. The Bertz CT molecular complexity index is 622. The van der Waals surface area contributed by atoms with Crippen molar-refractivity contribution in [3.63, 3.8) is 0 Å². The van der Waals surface area contributed by atoms with Gasteiger partial charge in [-0.3, -0.25) is 4.79 Å². The molecule has 0 saturated heterocycles. The van der Waals surface area contributed by atoms with Crippen LogP contribution in [0.1, 0.15) is 47.6 Å². The monoisotopic (exact) mass is 293 g/mol. The van der Waals surface area contributed by atoms with Crippen molar-refractivity contribution in [2.24, 2.45) is 5.92 Å². The van der Waals surface area contributed by atoms with Crippen LogP contribution >= 0.6 is 11.3 Å². The number of hydrogen-bond donors (Lipinski definition) is 1. The second-order valence-corrected chi connectivity index (χ2v) is 6.10. The van der Waals surface area contributed by atoms with Crippen molar-refractivity contribution in [2.45, 2.75) is 38.5 Å². The molecular weight excluding hydrogens is 278 g/mol. The highest BCUT2D eigenvalue weighted by atomic mass is 32.1. The first-order valence-electron chi connectivity index (χ1n) is 6.58. The lowest BCUT2D eigenvalue weighted by molar-refractivity contribution is -0.141. The summed E-state index contributed by atoms with van der Waals surface area (Å²) >= 11 is 1.58. The van der Waals surface area contributed by atoms with E-state index in [0.29, 0.717) is 31.0 Å². The Morgan fingerprint density at radius 1 is 1.50 bits per heavy atom. The number of carboxylic acids is 1. The molecule has 2 aromatic rings. The fraction of sp³-hybridized carbons (Fsp3) is 0.538. The topological polar surface area (TPSA) is 89.1 Å². The molecule has 1 aliphatic carbocycles. The van der Waals surface area contributed by atoms with Crippen molar-refractivity contribution in [2.75, 3.05) is 0 Å². The second-order valence-electron chi connectivity index (χ2n) is 5.15. The fourth-order valence-corrected chi connectivity index (χ4v) is 3.32. The molecule has 0 spiro atoms. The first kappa shape index (κ1) is 13.2. The minimum absolute atomic E-state index is 0.0791. The normalized spacial score (nSPS) is 22.2. The molecular formula is C13H15N3O3S. The minimum atomic E-state index is -0.731. The molecule has 0 amide bonds. The molecule has 2 atom stereocenters. The Morgan fingerprint density at radius 3 is 3.00 bits per heavy atom. The van der Waals surface area contributed by atoms with Crippen LogP contribution in [0, 0.1) is 12.8 Å². The molecule has 1 aliphatic rings. The number of carboxylic acid groups (broad SMARTS) is 1. The molecule has 7 heteroatoms. The summed E-state index contributed by atoms with van der Waals surface area (Å²) in [5.74, 6) is 0.253. The zero-order chi connectivity index (χ0) is 14.1. The summed E-state index contributed by atoms with van der Waals surface area (Å²) in [6, 6.07) is 0. The molecule has 6 nitrogen and oxygen atoms in total. The predicted octanol–water partition coefficient (Wildman–Crippen LogP) is 2.39.